The number of nitrogens with zero attached hydrogens (tertiary/aromatic N) is 2. The van der Waals surface area contributed by atoms with Crippen LogP contribution in [0.5, 0.6) is 5.75 Å². The maximum absolute atomic E-state index is 13.3. The van der Waals surface area contributed by atoms with Gasteiger partial charge in [0.25, 0.3) is 5.56 Å². The summed E-state index contributed by atoms with van der Waals surface area (Å²) in [6, 6.07) is 7.59. The Hall–Kier alpha value is -2.58. The minimum atomic E-state index is -0.114. The molecule has 1 amide bonds. The molecule has 0 saturated heterocycles. The first kappa shape index (κ1) is 22.6. The van der Waals surface area contributed by atoms with Crippen molar-refractivity contribution in [3.8, 4) is 5.75 Å². The van der Waals surface area contributed by atoms with Gasteiger partial charge in [-0.1, -0.05) is 36.9 Å². The highest BCUT2D eigenvalue weighted by Crippen LogP contribution is 2.36. The number of fused-ring (bicyclic) bond motifs is 3. The molecule has 6 nitrogen and oxygen atoms in total. The smallest absolute Gasteiger partial charge is 0.263 e. The molecule has 1 aliphatic rings. The number of nitrogens with one attached hydrogen (secondary N) is 1. The fraction of sp³-hybridized carbons (Fsp3) is 0.375. The second kappa shape index (κ2) is 9.92. The lowest BCUT2D eigenvalue weighted by Gasteiger charge is -2.17. The summed E-state index contributed by atoms with van der Waals surface area (Å²) in [7, 11) is 1.62. The van der Waals surface area contributed by atoms with Crippen molar-refractivity contribution < 1.29 is 9.53 Å². The minimum Gasteiger partial charge on any atom is -0.497 e. The normalized spacial score (nSPS) is 15.4. The van der Waals surface area contributed by atoms with Crippen LogP contribution in [0.15, 0.2) is 46.9 Å². The van der Waals surface area contributed by atoms with Gasteiger partial charge in [0, 0.05) is 18.0 Å². The summed E-state index contributed by atoms with van der Waals surface area (Å²) < 4.78 is 6.86. The number of thioether (sulfide) groups is 1. The fourth-order valence-corrected chi connectivity index (χ4v) is 6.23. The summed E-state index contributed by atoms with van der Waals surface area (Å²) in [5.41, 5.74) is 2.11. The molecule has 0 fully saturated rings. The van der Waals surface area contributed by atoms with E-state index in [2.05, 4.69) is 18.8 Å². The average molecular weight is 470 g/mol. The summed E-state index contributed by atoms with van der Waals surface area (Å²) in [5.74, 6) is 1.45. The number of methoxy groups -OCH3 is 1. The number of hydrogen-bond acceptors (Lipinski definition) is 6. The molecule has 2 heterocycles. The Morgan fingerprint density at radius 3 is 3.09 bits per heavy atom. The van der Waals surface area contributed by atoms with Crippen molar-refractivity contribution in [2.75, 3.05) is 12.9 Å². The molecule has 1 N–H and O–H groups in total. The largest absolute Gasteiger partial charge is 0.497 e. The molecule has 2 aromatic heterocycles. The number of benzene rings is 1. The number of allylic oxidation sites excluding steroid dienone is 1. The number of hydrogen-bond donors (Lipinski definition) is 1. The first-order valence-corrected chi connectivity index (χ1v) is 12.5. The molecule has 0 radical (unpaired) electrons. The average Bonchev–Trinajstić information content (AvgIpc) is 3.16. The Kier molecular flexibility index (Phi) is 7.01. The monoisotopic (exact) mass is 469 g/mol. The highest BCUT2D eigenvalue weighted by molar-refractivity contribution is 7.99. The summed E-state index contributed by atoms with van der Waals surface area (Å²) in [5, 5.41) is 4.24. The number of amides is 1. The molecule has 0 bridgehead atoms. The SMILES string of the molecule is C=CCn1c(SCC(=O)NCc2cccc(OC)c2)nc2sc3c(c2c1=O)CCC(C)C3. The van der Waals surface area contributed by atoms with E-state index in [1.54, 1.807) is 29.1 Å². The van der Waals surface area contributed by atoms with Crippen LogP contribution in [0.2, 0.25) is 0 Å². The van der Waals surface area contributed by atoms with Crippen LogP contribution in [0.4, 0.5) is 0 Å². The van der Waals surface area contributed by atoms with Crippen molar-refractivity contribution in [1.29, 1.82) is 0 Å². The van der Waals surface area contributed by atoms with Gasteiger partial charge in [-0.3, -0.25) is 14.2 Å². The minimum absolute atomic E-state index is 0.0266. The van der Waals surface area contributed by atoms with Crippen LogP contribution in [-0.2, 0) is 30.7 Å². The van der Waals surface area contributed by atoms with Crippen LogP contribution >= 0.6 is 23.1 Å². The van der Waals surface area contributed by atoms with Crippen LogP contribution in [0.1, 0.15) is 29.3 Å². The first-order chi connectivity index (χ1) is 15.5. The Balaban J connectivity index is 1.51. The third kappa shape index (κ3) is 4.76. The summed E-state index contributed by atoms with van der Waals surface area (Å²) in [6.07, 6.45) is 4.74. The maximum atomic E-state index is 13.3. The van der Waals surface area contributed by atoms with Gasteiger partial charge in [0.2, 0.25) is 5.91 Å². The first-order valence-electron chi connectivity index (χ1n) is 10.7. The molecule has 1 aromatic carbocycles. The van der Waals surface area contributed by atoms with Crippen LogP contribution in [0.3, 0.4) is 0 Å². The summed E-state index contributed by atoms with van der Waals surface area (Å²) in [6.45, 7) is 6.83. The van der Waals surface area contributed by atoms with Gasteiger partial charge in [0.15, 0.2) is 5.16 Å². The lowest BCUT2D eigenvalue weighted by atomic mass is 9.89. The molecule has 0 spiro atoms. The fourth-order valence-electron chi connectivity index (χ4n) is 3.97. The van der Waals surface area contributed by atoms with Crippen molar-refractivity contribution in [1.82, 2.24) is 14.9 Å². The summed E-state index contributed by atoms with van der Waals surface area (Å²) >= 11 is 2.92. The van der Waals surface area contributed by atoms with E-state index < -0.39 is 0 Å². The standard InChI is InChI=1S/C24H27N3O3S2/c1-4-10-27-23(29)21-18-9-8-15(2)11-19(18)32-22(21)26-24(27)31-14-20(28)25-13-16-6-5-7-17(12-16)30-3/h4-7,12,15H,1,8-11,13-14H2,2-3H3,(H,25,28). The molecule has 0 saturated carbocycles. The van der Waals surface area contributed by atoms with Gasteiger partial charge in [-0.05, 0) is 48.4 Å². The highest BCUT2D eigenvalue weighted by atomic mass is 32.2. The number of rotatable bonds is 8. The van der Waals surface area contributed by atoms with Crippen molar-refractivity contribution in [2.24, 2.45) is 5.92 Å². The van der Waals surface area contributed by atoms with Gasteiger partial charge >= 0.3 is 0 Å². The Bertz CT molecular complexity index is 1220. The predicted octanol–water partition coefficient (Wildman–Crippen LogP) is 4.19. The summed E-state index contributed by atoms with van der Waals surface area (Å²) in [4.78, 5) is 32.7. The third-order valence-corrected chi connectivity index (χ3v) is 7.77. The van der Waals surface area contributed by atoms with Gasteiger partial charge in [0.05, 0.1) is 18.2 Å². The topological polar surface area (TPSA) is 73.2 Å². The second-order valence-electron chi connectivity index (χ2n) is 8.05. The quantitative estimate of drug-likeness (QED) is 0.304. The molecule has 4 rings (SSSR count). The molecule has 1 atom stereocenters. The molecule has 1 unspecified atom stereocenters. The molecule has 0 aliphatic heterocycles. The predicted molar refractivity (Wildman–Crippen MR) is 131 cm³/mol. The van der Waals surface area contributed by atoms with Gasteiger partial charge in [-0.15, -0.1) is 17.9 Å². The van der Waals surface area contributed by atoms with Crippen molar-refractivity contribution in [3.05, 3.63) is 63.3 Å². The highest BCUT2D eigenvalue weighted by Gasteiger charge is 2.24. The maximum Gasteiger partial charge on any atom is 0.263 e. The van der Waals surface area contributed by atoms with Crippen LogP contribution in [-0.4, -0.2) is 28.3 Å². The number of carbonyl (C=O) groups excluding carboxylic acids is 1. The van der Waals surface area contributed by atoms with Crippen molar-refractivity contribution in [2.45, 2.75) is 44.4 Å². The molecular weight excluding hydrogens is 442 g/mol. The van der Waals surface area contributed by atoms with E-state index in [1.807, 2.05) is 24.3 Å². The zero-order valence-corrected chi connectivity index (χ0v) is 20.0. The number of thiophene rings is 1. The third-order valence-electron chi connectivity index (χ3n) is 5.65. The number of ether oxygens (including phenoxy) is 1. The lowest BCUT2D eigenvalue weighted by molar-refractivity contribution is -0.118. The van der Waals surface area contributed by atoms with E-state index in [4.69, 9.17) is 9.72 Å². The van der Waals surface area contributed by atoms with E-state index in [0.717, 1.165) is 40.8 Å². The number of carbonyl (C=O) groups is 1. The molecule has 3 aromatic rings. The van der Waals surface area contributed by atoms with E-state index in [0.29, 0.717) is 24.2 Å². The van der Waals surface area contributed by atoms with E-state index in [-0.39, 0.29) is 17.2 Å². The Labute approximate surface area is 195 Å². The molecule has 168 valence electrons. The van der Waals surface area contributed by atoms with E-state index in [1.165, 1.54) is 22.2 Å². The van der Waals surface area contributed by atoms with Crippen molar-refractivity contribution >= 4 is 39.2 Å². The van der Waals surface area contributed by atoms with Gasteiger partial charge < -0.3 is 10.1 Å². The van der Waals surface area contributed by atoms with Gasteiger partial charge in [-0.2, -0.15) is 0 Å². The molecule has 8 heteroatoms. The molecular formula is C24H27N3O3S2. The van der Waals surface area contributed by atoms with Gasteiger partial charge in [-0.25, -0.2) is 4.98 Å². The Morgan fingerprint density at radius 2 is 2.31 bits per heavy atom. The van der Waals surface area contributed by atoms with E-state index in [9.17, 15) is 9.59 Å². The van der Waals surface area contributed by atoms with Crippen LogP contribution < -0.4 is 15.6 Å². The van der Waals surface area contributed by atoms with E-state index >= 15 is 0 Å². The van der Waals surface area contributed by atoms with Crippen LogP contribution in [0.25, 0.3) is 10.2 Å². The van der Waals surface area contributed by atoms with Crippen LogP contribution in [0, 0.1) is 5.92 Å². The Morgan fingerprint density at radius 1 is 1.47 bits per heavy atom. The number of aryl methyl sites for hydroxylation is 1. The van der Waals surface area contributed by atoms with Gasteiger partial charge in [0.1, 0.15) is 10.6 Å². The number of aromatic nitrogens is 2. The second-order valence-corrected chi connectivity index (χ2v) is 10.1. The molecule has 1 aliphatic carbocycles. The zero-order valence-electron chi connectivity index (χ0n) is 18.3. The molecule has 32 heavy (non-hydrogen) atoms. The van der Waals surface area contributed by atoms with Crippen molar-refractivity contribution in [3.63, 3.8) is 0 Å². The lowest BCUT2D eigenvalue weighted by Crippen LogP contribution is -2.26. The zero-order chi connectivity index (χ0) is 22.7.